The van der Waals surface area contributed by atoms with Gasteiger partial charge in [-0.2, -0.15) is 0 Å². The zero-order valence-corrected chi connectivity index (χ0v) is 21.1. The molecule has 0 saturated carbocycles. The second kappa shape index (κ2) is 12.3. The quantitative estimate of drug-likeness (QED) is 0.296. The van der Waals surface area contributed by atoms with E-state index in [2.05, 4.69) is 10.6 Å². The Bertz CT molecular complexity index is 1280. The maximum Gasteiger partial charge on any atom is 0.329 e. The topological polar surface area (TPSA) is 102 Å². The van der Waals surface area contributed by atoms with Gasteiger partial charge in [-0.05, 0) is 36.2 Å². The van der Waals surface area contributed by atoms with Gasteiger partial charge in [0.1, 0.15) is 6.04 Å². The van der Waals surface area contributed by atoms with Crippen LogP contribution in [0.1, 0.15) is 40.1 Å². The molecule has 0 aromatic heterocycles. The molecule has 0 aliphatic heterocycles. The number of benzene rings is 3. The largest absolute Gasteiger partial charge is 0.454 e. The van der Waals surface area contributed by atoms with Gasteiger partial charge in [0, 0.05) is 16.1 Å². The van der Waals surface area contributed by atoms with Gasteiger partial charge < -0.3 is 15.4 Å². The van der Waals surface area contributed by atoms with E-state index in [4.69, 9.17) is 27.9 Å². The van der Waals surface area contributed by atoms with Crippen LogP contribution in [0.2, 0.25) is 10.0 Å². The van der Waals surface area contributed by atoms with Crippen LogP contribution >= 0.6 is 23.2 Å². The summed E-state index contributed by atoms with van der Waals surface area (Å²) >= 11 is 12.1. The van der Waals surface area contributed by atoms with Crippen LogP contribution in [0.5, 0.6) is 0 Å². The summed E-state index contributed by atoms with van der Waals surface area (Å²) in [5.74, 6) is -2.62. The fraction of sp³-hybridized carbons (Fsp3) is 0.185. The molecule has 3 rings (SSSR count). The molecule has 3 aromatic carbocycles. The first-order valence-corrected chi connectivity index (χ1v) is 11.8. The molecule has 2 amide bonds. The molecular weight excluding hydrogens is 503 g/mol. The first-order chi connectivity index (χ1) is 17.2. The molecule has 36 heavy (non-hydrogen) atoms. The normalized spacial score (nSPS) is 11.5. The maximum absolute atomic E-state index is 12.9. The van der Waals surface area contributed by atoms with E-state index in [9.17, 15) is 19.2 Å². The van der Waals surface area contributed by atoms with E-state index in [1.807, 2.05) is 0 Å². The van der Waals surface area contributed by atoms with Crippen LogP contribution < -0.4 is 10.6 Å². The predicted molar refractivity (Wildman–Crippen MR) is 138 cm³/mol. The third kappa shape index (κ3) is 6.93. The van der Waals surface area contributed by atoms with Crippen molar-refractivity contribution >= 4 is 52.5 Å². The highest BCUT2D eigenvalue weighted by Crippen LogP contribution is 2.24. The summed E-state index contributed by atoms with van der Waals surface area (Å²) in [6.07, 6.45) is 0. The van der Waals surface area contributed by atoms with Crippen molar-refractivity contribution in [1.82, 2.24) is 5.32 Å². The van der Waals surface area contributed by atoms with Crippen molar-refractivity contribution in [2.75, 3.05) is 11.9 Å². The van der Waals surface area contributed by atoms with Crippen LogP contribution in [0.4, 0.5) is 5.69 Å². The Kier molecular flexibility index (Phi) is 9.22. The molecule has 7 nitrogen and oxygen atoms in total. The number of hydrogen-bond acceptors (Lipinski definition) is 5. The standard InChI is InChI=1S/C27H24Cl2N2O5/c1-16(2)24(31-26(34)19-10-6-7-11-21(19)29)27(35)36-15-23(32)30-22-13-12-18(28)14-20(22)25(33)17-8-4-3-5-9-17/h3-14,16,24H,15H2,1-2H3,(H,30,32)(H,31,34)/t24-/m1/s1. The molecule has 0 bridgehead atoms. The number of ketones is 1. The lowest BCUT2D eigenvalue weighted by Crippen LogP contribution is -2.46. The molecule has 0 aliphatic rings. The van der Waals surface area contributed by atoms with Gasteiger partial charge in [0.2, 0.25) is 0 Å². The van der Waals surface area contributed by atoms with Gasteiger partial charge in [0.15, 0.2) is 12.4 Å². The molecule has 0 saturated heterocycles. The van der Waals surface area contributed by atoms with E-state index >= 15 is 0 Å². The number of ether oxygens (including phenoxy) is 1. The molecular formula is C27H24Cl2N2O5. The van der Waals surface area contributed by atoms with E-state index in [-0.39, 0.29) is 33.5 Å². The Morgan fingerprint density at radius 1 is 0.861 bits per heavy atom. The van der Waals surface area contributed by atoms with Crippen LogP contribution in [0.25, 0.3) is 0 Å². The molecule has 0 aliphatic carbocycles. The molecule has 0 unspecified atom stereocenters. The van der Waals surface area contributed by atoms with Crippen LogP contribution in [-0.2, 0) is 14.3 Å². The van der Waals surface area contributed by atoms with Crippen LogP contribution in [0, 0.1) is 5.92 Å². The first-order valence-electron chi connectivity index (χ1n) is 11.1. The molecule has 186 valence electrons. The van der Waals surface area contributed by atoms with Gasteiger partial charge in [-0.25, -0.2) is 4.79 Å². The number of carbonyl (C=O) groups is 4. The van der Waals surface area contributed by atoms with E-state index < -0.39 is 30.4 Å². The van der Waals surface area contributed by atoms with E-state index in [1.165, 1.54) is 24.3 Å². The smallest absolute Gasteiger partial charge is 0.329 e. The van der Waals surface area contributed by atoms with Crippen molar-refractivity contribution in [1.29, 1.82) is 0 Å². The van der Waals surface area contributed by atoms with Gasteiger partial charge >= 0.3 is 5.97 Å². The molecule has 3 aromatic rings. The van der Waals surface area contributed by atoms with Crippen LogP contribution in [0.15, 0.2) is 72.8 Å². The van der Waals surface area contributed by atoms with Crippen molar-refractivity contribution in [3.05, 3.63) is 99.5 Å². The highest BCUT2D eigenvalue weighted by Gasteiger charge is 2.27. The monoisotopic (exact) mass is 526 g/mol. The summed E-state index contributed by atoms with van der Waals surface area (Å²) in [4.78, 5) is 50.7. The second-order valence-electron chi connectivity index (χ2n) is 8.22. The molecule has 1 atom stereocenters. The van der Waals surface area contributed by atoms with Gasteiger partial charge in [-0.15, -0.1) is 0 Å². The first kappa shape index (κ1) is 26.9. The van der Waals surface area contributed by atoms with E-state index in [0.29, 0.717) is 10.6 Å². The third-order valence-corrected chi connectivity index (χ3v) is 5.77. The SMILES string of the molecule is CC(C)[C@@H](NC(=O)c1ccccc1Cl)C(=O)OCC(=O)Nc1ccc(Cl)cc1C(=O)c1ccccc1. The summed E-state index contributed by atoms with van der Waals surface area (Å²) in [5, 5.41) is 5.76. The number of esters is 1. The number of hydrogen-bond donors (Lipinski definition) is 2. The van der Waals surface area contributed by atoms with E-state index in [0.717, 1.165) is 0 Å². The Morgan fingerprint density at radius 3 is 2.19 bits per heavy atom. The van der Waals surface area contributed by atoms with Crippen molar-refractivity contribution < 1.29 is 23.9 Å². The van der Waals surface area contributed by atoms with Crippen molar-refractivity contribution in [3.63, 3.8) is 0 Å². The summed E-state index contributed by atoms with van der Waals surface area (Å²) < 4.78 is 5.17. The van der Waals surface area contributed by atoms with Gasteiger partial charge in [-0.3, -0.25) is 14.4 Å². The minimum Gasteiger partial charge on any atom is -0.454 e. The molecule has 9 heteroatoms. The number of amides is 2. The van der Waals surface area contributed by atoms with Gasteiger partial charge in [0.05, 0.1) is 16.3 Å². The molecule has 0 spiro atoms. The number of anilines is 1. The molecule has 0 radical (unpaired) electrons. The molecule has 2 N–H and O–H groups in total. The summed E-state index contributed by atoms with van der Waals surface area (Å²) in [5.41, 5.74) is 1.06. The Labute approximate surface area is 218 Å². The minimum atomic E-state index is -1.01. The summed E-state index contributed by atoms with van der Waals surface area (Å²) in [6.45, 7) is 2.84. The zero-order valence-electron chi connectivity index (χ0n) is 19.6. The maximum atomic E-state index is 12.9. The van der Waals surface area contributed by atoms with Crippen molar-refractivity contribution in [2.24, 2.45) is 5.92 Å². The lowest BCUT2D eigenvalue weighted by Gasteiger charge is -2.21. The lowest BCUT2D eigenvalue weighted by atomic mass is 10.0. The average Bonchev–Trinajstić information content (AvgIpc) is 2.87. The zero-order chi connectivity index (χ0) is 26.2. The molecule has 0 fully saturated rings. The number of nitrogens with one attached hydrogen (secondary N) is 2. The second-order valence-corrected chi connectivity index (χ2v) is 9.06. The van der Waals surface area contributed by atoms with E-state index in [1.54, 1.807) is 62.4 Å². The summed E-state index contributed by atoms with van der Waals surface area (Å²) in [6, 6.07) is 18.5. The van der Waals surface area contributed by atoms with Crippen LogP contribution in [0.3, 0.4) is 0 Å². The average molecular weight is 527 g/mol. The fourth-order valence-electron chi connectivity index (χ4n) is 3.33. The number of halogens is 2. The fourth-order valence-corrected chi connectivity index (χ4v) is 3.73. The Balaban J connectivity index is 1.66. The highest BCUT2D eigenvalue weighted by molar-refractivity contribution is 6.34. The van der Waals surface area contributed by atoms with Crippen molar-refractivity contribution in [2.45, 2.75) is 19.9 Å². The minimum absolute atomic E-state index is 0.195. The Morgan fingerprint density at radius 2 is 1.53 bits per heavy atom. The highest BCUT2D eigenvalue weighted by atomic mass is 35.5. The third-order valence-electron chi connectivity index (χ3n) is 5.21. The van der Waals surface area contributed by atoms with Gasteiger partial charge in [0.25, 0.3) is 11.8 Å². The number of carbonyl (C=O) groups excluding carboxylic acids is 4. The molecule has 0 heterocycles. The van der Waals surface area contributed by atoms with Gasteiger partial charge in [-0.1, -0.05) is 79.5 Å². The van der Waals surface area contributed by atoms with Crippen LogP contribution in [-0.4, -0.2) is 36.2 Å². The summed E-state index contributed by atoms with van der Waals surface area (Å²) in [7, 11) is 0. The predicted octanol–water partition coefficient (Wildman–Crippen LogP) is 5.16. The van der Waals surface area contributed by atoms with Crippen molar-refractivity contribution in [3.8, 4) is 0 Å². The lowest BCUT2D eigenvalue weighted by molar-refractivity contribution is -0.150. The Hall–Kier alpha value is -3.68. The number of rotatable bonds is 9.